The van der Waals surface area contributed by atoms with Gasteiger partial charge in [0.15, 0.2) is 6.61 Å². The minimum absolute atomic E-state index is 0.00980. The van der Waals surface area contributed by atoms with Crippen LogP contribution in [0.3, 0.4) is 0 Å². The van der Waals surface area contributed by atoms with Crippen LogP contribution in [-0.4, -0.2) is 41.6 Å². The van der Waals surface area contributed by atoms with E-state index < -0.39 is 11.8 Å². The third-order valence-electron chi connectivity index (χ3n) is 3.45. The third-order valence-corrected chi connectivity index (χ3v) is 3.76. The highest BCUT2D eigenvalue weighted by Crippen LogP contribution is 2.21. The summed E-state index contributed by atoms with van der Waals surface area (Å²) in [7, 11) is 0. The molecule has 21 heavy (non-hydrogen) atoms. The molecule has 1 fully saturated rings. The van der Waals surface area contributed by atoms with Crippen molar-refractivity contribution in [3.8, 4) is 5.75 Å². The summed E-state index contributed by atoms with van der Waals surface area (Å²) in [6, 6.07) is 3.96. The third kappa shape index (κ3) is 4.07. The molecular formula is C14H15ClFNO4. The van der Waals surface area contributed by atoms with Crippen molar-refractivity contribution in [2.45, 2.75) is 12.8 Å². The Bertz CT molecular complexity index is 544. The lowest BCUT2D eigenvalue weighted by Crippen LogP contribution is -2.42. The zero-order valence-corrected chi connectivity index (χ0v) is 12.0. The van der Waals surface area contributed by atoms with E-state index in [0.717, 1.165) is 6.07 Å². The van der Waals surface area contributed by atoms with Gasteiger partial charge in [0.05, 0.1) is 10.9 Å². The fourth-order valence-corrected chi connectivity index (χ4v) is 2.30. The molecule has 114 valence electrons. The van der Waals surface area contributed by atoms with Gasteiger partial charge in [0, 0.05) is 19.2 Å². The van der Waals surface area contributed by atoms with E-state index >= 15 is 0 Å². The minimum Gasteiger partial charge on any atom is -0.484 e. The summed E-state index contributed by atoms with van der Waals surface area (Å²) >= 11 is 5.55. The van der Waals surface area contributed by atoms with Crippen LogP contribution in [-0.2, 0) is 9.59 Å². The molecule has 1 aliphatic heterocycles. The average molecular weight is 316 g/mol. The van der Waals surface area contributed by atoms with E-state index in [9.17, 15) is 14.0 Å². The van der Waals surface area contributed by atoms with E-state index in [4.69, 9.17) is 21.4 Å². The quantitative estimate of drug-likeness (QED) is 0.925. The van der Waals surface area contributed by atoms with Crippen molar-refractivity contribution in [2.75, 3.05) is 19.7 Å². The summed E-state index contributed by atoms with van der Waals surface area (Å²) in [4.78, 5) is 24.3. The number of halogens is 2. The fourth-order valence-electron chi connectivity index (χ4n) is 2.18. The number of ether oxygens (including phenoxy) is 1. The highest BCUT2D eigenvalue weighted by molar-refractivity contribution is 6.30. The van der Waals surface area contributed by atoms with Crippen LogP contribution in [0.2, 0.25) is 5.02 Å². The maximum absolute atomic E-state index is 13.2. The molecule has 0 aliphatic carbocycles. The molecule has 1 aromatic carbocycles. The summed E-state index contributed by atoms with van der Waals surface area (Å²) in [5.41, 5.74) is 0. The Morgan fingerprint density at radius 3 is 2.62 bits per heavy atom. The Kier molecular flexibility index (Phi) is 5.01. The standard InChI is InChI=1S/C14H15ClFNO4/c15-11-2-1-10(7-12(11)16)21-8-13(18)17-5-3-9(4-6-17)14(19)20/h1-2,7,9H,3-6,8H2,(H,19,20). The van der Waals surface area contributed by atoms with E-state index in [1.54, 1.807) is 4.90 Å². The van der Waals surface area contributed by atoms with Gasteiger partial charge in [-0.05, 0) is 25.0 Å². The van der Waals surface area contributed by atoms with Crippen LogP contribution in [0.1, 0.15) is 12.8 Å². The normalized spacial score (nSPS) is 15.8. The van der Waals surface area contributed by atoms with Crippen molar-refractivity contribution < 1.29 is 23.8 Å². The van der Waals surface area contributed by atoms with E-state index in [1.807, 2.05) is 0 Å². The first kappa shape index (κ1) is 15.6. The predicted molar refractivity (Wildman–Crippen MR) is 73.8 cm³/mol. The second-order valence-electron chi connectivity index (χ2n) is 4.86. The highest BCUT2D eigenvalue weighted by atomic mass is 35.5. The first-order valence-corrected chi connectivity index (χ1v) is 6.93. The van der Waals surface area contributed by atoms with Gasteiger partial charge in [0.1, 0.15) is 11.6 Å². The first-order valence-electron chi connectivity index (χ1n) is 6.56. The molecule has 1 aromatic rings. The van der Waals surface area contributed by atoms with Crippen LogP contribution in [0.5, 0.6) is 5.75 Å². The van der Waals surface area contributed by atoms with Crippen LogP contribution in [0, 0.1) is 11.7 Å². The van der Waals surface area contributed by atoms with Gasteiger partial charge in [-0.15, -0.1) is 0 Å². The lowest BCUT2D eigenvalue weighted by molar-refractivity contribution is -0.146. The number of carbonyl (C=O) groups is 2. The molecule has 1 aliphatic rings. The summed E-state index contributed by atoms with van der Waals surface area (Å²) in [5, 5.41) is 8.88. The van der Waals surface area contributed by atoms with E-state index in [2.05, 4.69) is 0 Å². The SMILES string of the molecule is O=C(O)C1CCN(C(=O)COc2ccc(Cl)c(F)c2)CC1. The van der Waals surface area contributed by atoms with Gasteiger partial charge in [-0.3, -0.25) is 9.59 Å². The van der Waals surface area contributed by atoms with Gasteiger partial charge in [0.25, 0.3) is 5.91 Å². The van der Waals surface area contributed by atoms with Gasteiger partial charge < -0.3 is 14.7 Å². The lowest BCUT2D eigenvalue weighted by Gasteiger charge is -2.30. The van der Waals surface area contributed by atoms with Crippen LogP contribution in [0.4, 0.5) is 4.39 Å². The Labute approximate surface area is 126 Å². The number of piperidine rings is 1. The van der Waals surface area contributed by atoms with Crippen molar-refractivity contribution in [3.05, 3.63) is 29.0 Å². The predicted octanol–water partition coefficient (Wildman–Crippen LogP) is 2.18. The molecule has 0 bridgehead atoms. The molecule has 0 radical (unpaired) electrons. The van der Waals surface area contributed by atoms with E-state index in [-0.39, 0.29) is 29.2 Å². The van der Waals surface area contributed by atoms with E-state index in [0.29, 0.717) is 25.9 Å². The number of likely N-dealkylation sites (tertiary alicyclic amines) is 1. The largest absolute Gasteiger partial charge is 0.484 e. The summed E-state index contributed by atoms with van der Waals surface area (Å²) in [6.07, 6.45) is 0.882. The molecule has 0 aromatic heterocycles. The molecule has 0 unspecified atom stereocenters. The Balaban J connectivity index is 1.82. The van der Waals surface area contributed by atoms with Gasteiger partial charge in [-0.1, -0.05) is 11.6 Å². The molecule has 1 heterocycles. The number of aliphatic carboxylic acids is 1. The molecule has 0 spiro atoms. The maximum atomic E-state index is 13.2. The molecule has 0 atom stereocenters. The molecule has 1 N–H and O–H groups in total. The minimum atomic E-state index is -0.824. The smallest absolute Gasteiger partial charge is 0.306 e. The number of benzene rings is 1. The van der Waals surface area contributed by atoms with Crippen molar-refractivity contribution in [2.24, 2.45) is 5.92 Å². The molecular weight excluding hydrogens is 301 g/mol. The number of hydrogen-bond donors (Lipinski definition) is 1. The number of rotatable bonds is 4. The van der Waals surface area contributed by atoms with Crippen LogP contribution < -0.4 is 4.74 Å². The van der Waals surface area contributed by atoms with Gasteiger partial charge in [-0.25, -0.2) is 4.39 Å². The zero-order chi connectivity index (χ0) is 15.4. The number of carbonyl (C=O) groups excluding carboxylic acids is 1. The molecule has 7 heteroatoms. The van der Waals surface area contributed by atoms with Crippen LogP contribution >= 0.6 is 11.6 Å². The molecule has 1 amide bonds. The van der Waals surface area contributed by atoms with Gasteiger partial charge in [0.2, 0.25) is 0 Å². The van der Waals surface area contributed by atoms with Crippen LogP contribution in [0.25, 0.3) is 0 Å². The summed E-state index contributed by atoms with van der Waals surface area (Å²) < 4.78 is 18.4. The summed E-state index contributed by atoms with van der Waals surface area (Å²) in [6.45, 7) is 0.584. The lowest BCUT2D eigenvalue weighted by atomic mass is 9.97. The number of nitrogens with zero attached hydrogens (tertiary/aromatic N) is 1. The monoisotopic (exact) mass is 315 g/mol. The number of carboxylic acids is 1. The van der Waals surface area contributed by atoms with E-state index in [1.165, 1.54) is 12.1 Å². The number of hydrogen-bond acceptors (Lipinski definition) is 3. The molecule has 1 saturated heterocycles. The molecule has 0 saturated carbocycles. The van der Waals surface area contributed by atoms with Gasteiger partial charge in [-0.2, -0.15) is 0 Å². The second-order valence-corrected chi connectivity index (χ2v) is 5.27. The highest BCUT2D eigenvalue weighted by Gasteiger charge is 2.27. The van der Waals surface area contributed by atoms with Crippen molar-refractivity contribution in [1.82, 2.24) is 4.90 Å². The Morgan fingerprint density at radius 1 is 1.38 bits per heavy atom. The van der Waals surface area contributed by atoms with Crippen molar-refractivity contribution in [1.29, 1.82) is 0 Å². The van der Waals surface area contributed by atoms with Crippen molar-refractivity contribution >= 4 is 23.5 Å². The maximum Gasteiger partial charge on any atom is 0.306 e. The molecule has 5 nitrogen and oxygen atoms in total. The first-order chi connectivity index (χ1) is 9.97. The van der Waals surface area contributed by atoms with Crippen LogP contribution in [0.15, 0.2) is 18.2 Å². The molecule has 2 rings (SSSR count). The zero-order valence-electron chi connectivity index (χ0n) is 11.2. The fraction of sp³-hybridized carbons (Fsp3) is 0.429. The Hall–Kier alpha value is -1.82. The topological polar surface area (TPSA) is 66.8 Å². The average Bonchev–Trinajstić information content (AvgIpc) is 2.48. The second kappa shape index (κ2) is 6.76. The Morgan fingerprint density at radius 2 is 2.05 bits per heavy atom. The van der Waals surface area contributed by atoms with Gasteiger partial charge >= 0.3 is 5.97 Å². The number of carboxylic acid groups (broad SMARTS) is 1. The van der Waals surface area contributed by atoms with Crippen molar-refractivity contribution in [3.63, 3.8) is 0 Å². The summed E-state index contributed by atoms with van der Waals surface area (Å²) in [5.74, 6) is -1.83. The number of amides is 1.